The summed E-state index contributed by atoms with van der Waals surface area (Å²) in [5.74, 6) is 1.15. The number of halogens is 4. The maximum Gasteiger partial charge on any atom is 0.314 e. The summed E-state index contributed by atoms with van der Waals surface area (Å²) in [7, 11) is -7.73. The molecule has 4 aliphatic rings. The van der Waals surface area contributed by atoms with Crippen molar-refractivity contribution in [1.29, 1.82) is 0 Å². The van der Waals surface area contributed by atoms with Crippen LogP contribution in [0.15, 0.2) is 70.5 Å². The Kier molecular flexibility index (Phi) is 27.5. The molecule has 8 rings (SSSR count). The molecule has 4 atom stereocenters. The van der Waals surface area contributed by atoms with Gasteiger partial charge in [-0.05, 0) is 122 Å². The summed E-state index contributed by atoms with van der Waals surface area (Å²) >= 11 is 26.2. The third-order valence-electron chi connectivity index (χ3n) is 16.5. The number of sulfonamides is 2. The molecule has 0 aromatic heterocycles. The zero-order chi connectivity index (χ0) is 66.0. The molecule has 6 N–H and O–H groups in total. The van der Waals surface area contributed by atoms with Gasteiger partial charge in [0.05, 0.1) is 74.7 Å². The van der Waals surface area contributed by atoms with Gasteiger partial charge in [0.25, 0.3) is 0 Å². The molecule has 30 heteroatoms. The Bertz CT molecular complexity index is 3200. The van der Waals surface area contributed by atoms with Gasteiger partial charge in [-0.3, -0.25) is 19.4 Å². The lowest BCUT2D eigenvalue weighted by Gasteiger charge is -2.39. The second-order valence-electron chi connectivity index (χ2n) is 22.8. The minimum atomic E-state index is -3.86. The van der Waals surface area contributed by atoms with Crippen molar-refractivity contribution in [2.24, 2.45) is 0 Å². The van der Waals surface area contributed by atoms with E-state index in [1.165, 1.54) is 12.1 Å². The van der Waals surface area contributed by atoms with E-state index >= 15 is 0 Å². The number of aryl methyl sites for hydroxylation is 2. The number of benzene rings is 4. The topological polar surface area (TPSA) is 277 Å². The summed E-state index contributed by atoms with van der Waals surface area (Å²) in [6.07, 6.45) is 1.72. The normalized spacial score (nSPS) is 18.5. The minimum Gasteiger partial charge on any atom is -0.484 e. The first-order valence-corrected chi connectivity index (χ1v) is 35.4. The second-order valence-corrected chi connectivity index (χ2v) is 28.0. The summed E-state index contributed by atoms with van der Waals surface area (Å²) in [5.41, 5.74) is 4.97. The number of unbranched alkanes of at least 4 members (excludes halogenated alkanes) is 1. The van der Waals surface area contributed by atoms with Gasteiger partial charge in [-0.15, -0.1) is 0 Å². The van der Waals surface area contributed by atoms with Crippen molar-refractivity contribution >= 4 is 90.3 Å². The molecule has 2 aliphatic carbocycles. The highest BCUT2D eigenvalue weighted by Gasteiger charge is 2.43. The summed E-state index contributed by atoms with van der Waals surface area (Å²) in [4.78, 5) is 56.8. The first-order chi connectivity index (χ1) is 44.1. The van der Waals surface area contributed by atoms with Crippen LogP contribution in [0.1, 0.15) is 72.3 Å². The van der Waals surface area contributed by atoms with E-state index in [-0.39, 0.29) is 125 Å². The van der Waals surface area contributed by atoms with E-state index in [9.17, 15) is 36.0 Å². The summed E-state index contributed by atoms with van der Waals surface area (Å²) in [6, 6.07) is 15.8. The maximum absolute atomic E-state index is 13.2. The average molecular weight is 1400 g/mol. The highest BCUT2D eigenvalue weighted by atomic mass is 35.5. The van der Waals surface area contributed by atoms with Gasteiger partial charge >= 0.3 is 12.1 Å². The molecule has 4 aromatic carbocycles. The predicted molar refractivity (Wildman–Crippen MR) is 350 cm³/mol. The van der Waals surface area contributed by atoms with Gasteiger partial charge in [-0.2, -0.15) is 0 Å². The number of carbonyl (C=O) groups is 4. The van der Waals surface area contributed by atoms with Crippen molar-refractivity contribution in [3.05, 3.63) is 114 Å². The molecular formula is C62H84Cl4N10O14S2. The Morgan fingerprint density at radius 2 is 0.815 bits per heavy atom. The van der Waals surface area contributed by atoms with Crippen LogP contribution in [0, 0.1) is 13.8 Å². The Labute approximate surface area is 559 Å². The number of nitrogens with zero attached hydrogens (tertiary/aromatic N) is 4. The molecule has 92 heavy (non-hydrogen) atoms. The number of hydrogen-bond donors (Lipinski definition) is 6. The third kappa shape index (κ3) is 20.6. The van der Waals surface area contributed by atoms with Crippen molar-refractivity contribution in [3.8, 4) is 11.5 Å². The molecule has 0 unspecified atom stereocenters. The Morgan fingerprint density at radius 1 is 0.467 bits per heavy atom. The minimum absolute atomic E-state index is 0.0378. The Morgan fingerprint density at radius 3 is 1.16 bits per heavy atom. The molecule has 0 saturated carbocycles. The molecular weight excluding hydrogens is 1310 g/mol. The SMILES string of the molecule is CC(=O)N1CCN([C@H]2Cc3c(Cl)cc(Cl)cc3[C@@H]2Oc2ccc(S(=O)(=O)NCCOCCOCCNC(=O)NCCCCNC(=O)NCCOCCOCCNS(=O)(=O)c3ccc(O[C@H]4c5cc(Cl)cc(Cl)c5C[C@@H]4N4CCN(C(C)=O)CC4)c(C)c3)cc2C)CC1. The van der Waals surface area contributed by atoms with Gasteiger partial charge in [0.2, 0.25) is 31.9 Å². The van der Waals surface area contributed by atoms with E-state index in [4.69, 9.17) is 74.8 Å². The van der Waals surface area contributed by atoms with E-state index in [1.54, 1.807) is 64.1 Å². The van der Waals surface area contributed by atoms with Crippen molar-refractivity contribution in [3.63, 3.8) is 0 Å². The van der Waals surface area contributed by atoms with Crippen molar-refractivity contribution in [2.45, 2.75) is 87.5 Å². The Hall–Kier alpha value is -5.30. The number of carbonyl (C=O) groups excluding carboxylic acids is 4. The van der Waals surface area contributed by atoms with E-state index in [2.05, 4.69) is 40.5 Å². The quantitative estimate of drug-likeness (QED) is 0.0297. The van der Waals surface area contributed by atoms with Gasteiger partial charge in [0.1, 0.15) is 23.7 Å². The molecule has 2 fully saturated rings. The molecule has 0 spiro atoms. The number of ether oxygens (including phenoxy) is 6. The average Bonchev–Trinajstić information content (AvgIpc) is 1.64. The largest absolute Gasteiger partial charge is 0.484 e. The lowest BCUT2D eigenvalue weighted by molar-refractivity contribution is -0.132. The fraction of sp³-hybridized carbons (Fsp3) is 0.548. The number of amides is 6. The molecule has 2 saturated heterocycles. The molecule has 2 heterocycles. The smallest absolute Gasteiger partial charge is 0.314 e. The lowest BCUT2D eigenvalue weighted by atomic mass is 10.1. The van der Waals surface area contributed by atoms with Gasteiger partial charge in [0, 0.05) is 137 Å². The third-order valence-corrected chi connectivity index (χ3v) is 20.5. The highest BCUT2D eigenvalue weighted by molar-refractivity contribution is 7.89. The lowest BCUT2D eigenvalue weighted by Crippen LogP contribution is -2.53. The summed E-state index contributed by atoms with van der Waals surface area (Å²) in [6.45, 7) is 15.0. The highest BCUT2D eigenvalue weighted by Crippen LogP contribution is 2.45. The van der Waals surface area contributed by atoms with Crippen LogP contribution in [-0.2, 0) is 61.4 Å². The molecule has 0 bridgehead atoms. The van der Waals surface area contributed by atoms with Gasteiger partial charge in [0.15, 0.2) is 0 Å². The standard InChI is InChI=1S/C62H84Cl4N10O14S2/c1-41-33-47(7-9-57(41)89-59-51-35-45(63)37-53(65)49(51)39-55(59)75-21-17-73(18-22-75)43(3)77)91(81,82)71-15-27-87-31-29-85-25-13-69-61(79)67-11-5-6-12-68-62(80)70-14-26-86-30-32-88-28-16-72-92(83,84)48-8-10-58(42(2)34-48)90-60-52-36-46(64)38-54(66)50(52)40-56(60)76-23-19-74(20-24-76)44(4)78/h7-10,33-38,55-56,59-60,71-72H,5-6,11-32,39-40H2,1-4H3,(H2,67,69,79)(H2,68,70,80)/t55-,56-,59-,60-/m0/s1. The van der Waals surface area contributed by atoms with Crippen molar-refractivity contribution in [1.82, 2.24) is 50.3 Å². The van der Waals surface area contributed by atoms with E-state index in [0.29, 0.717) is 134 Å². The first-order valence-electron chi connectivity index (χ1n) is 30.9. The van der Waals surface area contributed by atoms with Crippen molar-refractivity contribution in [2.75, 3.05) is 144 Å². The zero-order valence-electron chi connectivity index (χ0n) is 52.3. The van der Waals surface area contributed by atoms with E-state index in [1.807, 2.05) is 21.9 Å². The number of hydrogen-bond acceptors (Lipinski definition) is 16. The fourth-order valence-electron chi connectivity index (χ4n) is 11.6. The number of piperazine rings is 2. The summed E-state index contributed by atoms with van der Waals surface area (Å²) in [5, 5.41) is 13.1. The van der Waals surface area contributed by atoms with Crippen LogP contribution in [0.5, 0.6) is 11.5 Å². The molecule has 2 aliphatic heterocycles. The predicted octanol–water partition coefficient (Wildman–Crippen LogP) is 6.04. The van der Waals surface area contributed by atoms with E-state index < -0.39 is 32.3 Å². The monoisotopic (exact) mass is 1400 g/mol. The van der Waals surface area contributed by atoms with Crippen LogP contribution in [-0.4, -0.2) is 217 Å². The number of fused-ring (bicyclic) bond motifs is 2. The molecule has 506 valence electrons. The van der Waals surface area contributed by atoms with Gasteiger partial charge in [-0.1, -0.05) is 46.4 Å². The second kappa shape index (κ2) is 34.9. The van der Waals surface area contributed by atoms with Crippen LogP contribution < -0.4 is 40.2 Å². The van der Waals surface area contributed by atoms with Gasteiger partial charge < -0.3 is 59.5 Å². The number of rotatable bonds is 33. The maximum atomic E-state index is 13.2. The molecule has 0 radical (unpaired) electrons. The Balaban J connectivity index is 0.596. The molecule has 24 nitrogen and oxygen atoms in total. The molecule has 6 amide bonds. The summed E-state index contributed by atoms with van der Waals surface area (Å²) < 4.78 is 93.6. The van der Waals surface area contributed by atoms with Crippen LogP contribution in [0.2, 0.25) is 20.1 Å². The first kappa shape index (κ1) is 72.5. The molecule has 4 aromatic rings. The van der Waals surface area contributed by atoms with Crippen LogP contribution in [0.4, 0.5) is 9.59 Å². The van der Waals surface area contributed by atoms with Crippen molar-refractivity contribution < 1.29 is 64.4 Å². The van der Waals surface area contributed by atoms with Gasteiger partial charge in [-0.25, -0.2) is 35.9 Å². The fourth-order valence-corrected chi connectivity index (χ4v) is 14.9. The van der Waals surface area contributed by atoms with Crippen LogP contribution in [0.3, 0.4) is 0 Å². The number of urea groups is 2. The number of nitrogens with one attached hydrogen (secondary N) is 6. The van der Waals surface area contributed by atoms with E-state index in [0.717, 1.165) is 22.3 Å². The van der Waals surface area contributed by atoms with Crippen LogP contribution in [0.25, 0.3) is 0 Å². The van der Waals surface area contributed by atoms with Crippen LogP contribution >= 0.6 is 46.4 Å². The zero-order valence-corrected chi connectivity index (χ0v) is 57.0.